The summed E-state index contributed by atoms with van der Waals surface area (Å²) in [4.78, 5) is 2.06. The lowest BCUT2D eigenvalue weighted by Crippen LogP contribution is -2.39. The quantitative estimate of drug-likeness (QED) is 0.656. The second-order valence-electron chi connectivity index (χ2n) is 5.36. The molecular weight excluding hydrogens is 272 g/mol. The van der Waals surface area contributed by atoms with Crippen LogP contribution in [-0.2, 0) is 11.3 Å². The fourth-order valence-corrected chi connectivity index (χ4v) is 2.74. The number of methoxy groups -OCH3 is 1. The van der Waals surface area contributed by atoms with Gasteiger partial charge in [-0.15, -0.1) is 5.10 Å². The van der Waals surface area contributed by atoms with Gasteiger partial charge >= 0.3 is 6.01 Å². The van der Waals surface area contributed by atoms with Gasteiger partial charge < -0.3 is 24.5 Å². The van der Waals surface area contributed by atoms with Gasteiger partial charge in [-0.05, 0) is 12.8 Å². The number of ether oxygens (including phenoxy) is 1. The Hall–Kier alpha value is -1.18. The van der Waals surface area contributed by atoms with Crippen LogP contribution in [0.1, 0.15) is 38.0 Å². The highest BCUT2D eigenvalue weighted by Crippen LogP contribution is 2.26. The average Bonchev–Trinajstić information content (AvgIpc) is 2.98. The van der Waals surface area contributed by atoms with E-state index in [0.717, 1.165) is 19.4 Å². The first-order chi connectivity index (χ1) is 10.3. The summed E-state index contributed by atoms with van der Waals surface area (Å²) in [5.41, 5.74) is 0. The van der Waals surface area contributed by atoms with Crippen LogP contribution in [0.25, 0.3) is 0 Å². The zero-order valence-corrected chi connectivity index (χ0v) is 12.8. The number of nitrogens with one attached hydrogen (secondary N) is 1. The normalized spacial score (nSPS) is 16.3. The zero-order valence-electron chi connectivity index (χ0n) is 12.8. The molecule has 2 rings (SSSR count). The van der Waals surface area contributed by atoms with Crippen LogP contribution < -0.4 is 10.2 Å². The third kappa shape index (κ3) is 4.94. The molecule has 1 aromatic rings. The summed E-state index contributed by atoms with van der Waals surface area (Å²) in [6.07, 6.45) is 6.01. The smallest absolute Gasteiger partial charge is 0.318 e. The molecule has 1 fully saturated rings. The van der Waals surface area contributed by atoms with E-state index >= 15 is 0 Å². The minimum Gasteiger partial charge on any atom is -0.407 e. The average molecular weight is 298 g/mol. The molecule has 1 aliphatic rings. The maximum atomic E-state index is 9.28. The molecular formula is C14H26N4O3. The van der Waals surface area contributed by atoms with Crippen molar-refractivity contribution in [2.24, 2.45) is 0 Å². The van der Waals surface area contributed by atoms with Crippen molar-refractivity contribution in [3.05, 3.63) is 5.89 Å². The van der Waals surface area contributed by atoms with Gasteiger partial charge in [0.2, 0.25) is 5.89 Å². The summed E-state index contributed by atoms with van der Waals surface area (Å²) in [6, 6.07) is 0.931. The van der Waals surface area contributed by atoms with Crippen molar-refractivity contribution in [3.63, 3.8) is 0 Å². The Kier molecular flexibility index (Phi) is 6.91. The van der Waals surface area contributed by atoms with Gasteiger partial charge in [-0.3, -0.25) is 0 Å². The fraction of sp³-hybridized carbons (Fsp3) is 0.857. The molecule has 0 amide bonds. The Bertz CT molecular complexity index is 393. The predicted molar refractivity (Wildman–Crippen MR) is 79.2 cm³/mol. The van der Waals surface area contributed by atoms with E-state index in [1.807, 2.05) is 0 Å². The van der Waals surface area contributed by atoms with Crippen LogP contribution in [-0.4, -0.2) is 54.8 Å². The fourth-order valence-electron chi connectivity index (χ4n) is 2.74. The van der Waals surface area contributed by atoms with E-state index in [2.05, 4.69) is 20.4 Å². The Morgan fingerprint density at radius 2 is 2.14 bits per heavy atom. The molecule has 0 spiro atoms. The monoisotopic (exact) mass is 298 g/mol. The maximum Gasteiger partial charge on any atom is 0.318 e. The minimum atomic E-state index is 0.0975. The SMILES string of the molecule is COCCNCc1nnc(N(CCO)C2CCCCC2)o1. The number of hydrogen-bond donors (Lipinski definition) is 2. The van der Waals surface area contributed by atoms with Crippen molar-refractivity contribution in [3.8, 4) is 0 Å². The maximum absolute atomic E-state index is 9.28. The van der Waals surface area contributed by atoms with Gasteiger partial charge in [0.1, 0.15) is 0 Å². The van der Waals surface area contributed by atoms with Crippen LogP contribution in [0.2, 0.25) is 0 Å². The van der Waals surface area contributed by atoms with Gasteiger partial charge in [0.05, 0.1) is 19.8 Å². The molecule has 0 atom stereocenters. The van der Waals surface area contributed by atoms with Crippen molar-refractivity contribution in [2.45, 2.75) is 44.7 Å². The molecule has 0 aromatic carbocycles. The van der Waals surface area contributed by atoms with Crippen LogP contribution >= 0.6 is 0 Å². The third-order valence-corrected chi connectivity index (χ3v) is 3.82. The van der Waals surface area contributed by atoms with Crippen molar-refractivity contribution in [1.82, 2.24) is 15.5 Å². The van der Waals surface area contributed by atoms with E-state index in [4.69, 9.17) is 9.15 Å². The number of nitrogens with zero attached hydrogens (tertiary/aromatic N) is 3. The van der Waals surface area contributed by atoms with Gasteiger partial charge in [0, 0.05) is 26.2 Å². The second-order valence-corrected chi connectivity index (χ2v) is 5.36. The summed E-state index contributed by atoms with van der Waals surface area (Å²) in [6.45, 7) is 2.58. The molecule has 21 heavy (non-hydrogen) atoms. The molecule has 1 saturated carbocycles. The molecule has 0 unspecified atom stereocenters. The van der Waals surface area contributed by atoms with Gasteiger partial charge in [0.15, 0.2) is 0 Å². The van der Waals surface area contributed by atoms with Gasteiger partial charge in [-0.25, -0.2) is 0 Å². The van der Waals surface area contributed by atoms with E-state index in [-0.39, 0.29) is 6.61 Å². The second kappa shape index (κ2) is 8.96. The lowest BCUT2D eigenvalue weighted by molar-refractivity contribution is 0.198. The Labute approximate surface area is 125 Å². The molecule has 0 aliphatic heterocycles. The first-order valence-corrected chi connectivity index (χ1v) is 7.74. The van der Waals surface area contributed by atoms with Crippen molar-refractivity contribution < 1.29 is 14.3 Å². The highest BCUT2D eigenvalue weighted by atomic mass is 16.5. The van der Waals surface area contributed by atoms with Crippen molar-refractivity contribution in [1.29, 1.82) is 0 Å². The third-order valence-electron chi connectivity index (χ3n) is 3.82. The summed E-state index contributed by atoms with van der Waals surface area (Å²) in [5, 5.41) is 20.7. The molecule has 2 N–H and O–H groups in total. The Morgan fingerprint density at radius 1 is 1.33 bits per heavy atom. The lowest BCUT2D eigenvalue weighted by Gasteiger charge is -2.32. The van der Waals surface area contributed by atoms with E-state index < -0.39 is 0 Å². The molecule has 0 saturated heterocycles. The van der Waals surface area contributed by atoms with Crippen molar-refractivity contribution in [2.75, 3.05) is 38.3 Å². The topological polar surface area (TPSA) is 83.7 Å². The van der Waals surface area contributed by atoms with E-state index in [1.165, 1.54) is 19.3 Å². The lowest BCUT2D eigenvalue weighted by atomic mass is 9.94. The molecule has 7 heteroatoms. The summed E-state index contributed by atoms with van der Waals surface area (Å²) in [5.74, 6) is 0.569. The van der Waals surface area contributed by atoms with Gasteiger partial charge in [-0.2, -0.15) is 0 Å². The van der Waals surface area contributed by atoms with E-state index in [0.29, 0.717) is 37.6 Å². The highest BCUT2D eigenvalue weighted by molar-refractivity contribution is 5.26. The number of rotatable bonds is 9. The molecule has 120 valence electrons. The van der Waals surface area contributed by atoms with Gasteiger partial charge in [0.25, 0.3) is 0 Å². The minimum absolute atomic E-state index is 0.0975. The number of hydrogen-bond acceptors (Lipinski definition) is 7. The van der Waals surface area contributed by atoms with Crippen LogP contribution in [0.3, 0.4) is 0 Å². The molecule has 0 radical (unpaired) electrons. The standard InChI is InChI=1S/C14H26N4O3/c1-20-10-7-15-11-13-16-17-14(21-13)18(8-9-19)12-5-3-2-4-6-12/h12,15,19H,2-11H2,1H3. The van der Waals surface area contributed by atoms with Crippen LogP contribution in [0.5, 0.6) is 0 Å². The van der Waals surface area contributed by atoms with Crippen LogP contribution in [0.15, 0.2) is 4.42 Å². The number of aliphatic hydroxyl groups excluding tert-OH is 1. The molecule has 0 bridgehead atoms. The molecule has 1 aromatic heterocycles. The van der Waals surface area contributed by atoms with Crippen molar-refractivity contribution >= 4 is 6.01 Å². The first kappa shape index (κ1) is 16.2. The number of anilines is 1. The number of aliphatic hydroxyl groups is 1. The summed E-state index contributed by atoms with van der Waals surface area (Å²) < 4.78 is 10.7. The largest absolute Gasteiger partial charge is 0.407 e. The number of aromatic nitrogens is 2. The van der Waals surface area contributed by atoms with E-state index in [1.54, 1.807) is 7.11 Å². The summed E-state index contributed by atoms with van der Waals surface area (Å²) in [7, 11) is 1.67. The Balaban J connectivity index is 1.91. The molecule has 1 aliphatic carbocycles. The molecule has 1 heterocycles. The Morgan fingerprint density at radius 3 is 2.86 bits per heavy atom. The molecule has 7 nitrogen and oxygen atoms in total. The van der Waals surface area contributed by atoms with Crippen LogP contribution in [0, 0.1) is 0 Å². The van der Waals surface area contributed by atoms with E-state index in [9.17, 15) is 5.11 Å². The zero-order chi connectivity index (χ0) is 14.9. The predicted octanol–water partition coefficient (Wildman–Crippen LogP) is 0.937. The summed E-state index contributed by atoms with van der Waals surface area (Å²) >= 11 is 0. The highest BCUT2D eigenvalue weighted by Gasteiger charge is 2.25. The first-order valence-electron chi connectivity index (χ1n) is 7.74. The van der Waals surface area contributed by atoms with Gasteiger partial charge in [-0.1, -0.05) is 24.4 Å². The van der Waals surface area contributed by atoms with Crippen LogP contribution in [0.4, 0.5) is 6.01 Å².